The van der Waals surface area contributed by atoms with E-state index in [0.717, 1.165) is 36.8 Å². The molecule has 58 heavy (non-hydrogen) atoms. The van der Waals surface area contributed by atoms with E-state index in [1.807, 2.05) is 6.07 Å². The first-order valence-electron chi connectivity index (χ1n) is 18.7. The van der Waals surface area contributed by atoms with Crippen molar-refractivity contribution >= 4 is 18.0 Å². The van der Waals surface area contributed by atoms with Crippen molar-refractivity contribution in [2.24, 2.45) is 11.3 Å². The van der Waals surface area contributed by atoms with E-state index in [9.17, 15) is 28.3 Å². The van der Waals surface area contributed by atoms with Gasteiger partial charge < -0.3 is 38.4 Å². The van der Waals surface area contributed by atoms with Crippen LogP contribution in [0.3, 0.4) is 0 Å². The predicted molar refractivity (Wildman–Crippen MR) is 203 cm³/mol. The molecule has 1 fully saturated rings. The SMILES string of the molecule is COCOc1cc(F)cc(Cn2cc(-c3cc(F)ccc3F)nc2C(N(CC2CN(C(=O)OCc3ccccc3)CC2F)C(=O)C(C)OC(C)=O)C(C)(C)CCO)c1. The molecule has 5 rings (SSSR count). The third kappa shape index (κ3) is 10.9. The fourth-order valence-corrected chi connectivity index (χ4v) is 7.12. The zero-order valence-corrected chi connectivity index (χ0v) is 33.0. The lowest BCUT2D eigenvalue weighted by Crippen LogP contribution is -2.50. The van der Waals surface area contributed by atoms with Gasteiger partial charge in [-0.15, -0.1) is 0 Å². The number of nitrogens with zero attached hydrogens (tertiary/aromatic N) is 4. The Bertz CT molecular complexity index is 2050. The Hall–Kier alpha value is -5.48. The summed E-state index contributed by atoms with van der Waals surface area (Å²) in [5.74, 6) is -4.46. The molecule has 1 aliphatic rings. The molecule has 1 N–H and O–H groups in total. The van der Waals surface area contributed by atoms with Gasteiger partial charge in [-0.1, -0.05) is 44.2 Å². The molecule has 0 radical (unpaired) electrons. The molecule has 1 aromatic heterocycles. The van der Waals surface area contributed by atoms with E-state index >= 15 is 8.78 Å². The highest BCUT2D eigenvalue weighted by atomic mass is 19.1. The molecular weight excluding hydrogens is 764 g/mol. The highest BCUT2D eigenvalue weighted by Crippen LogP contribution is 2.43. The Balaban J connectivity index is 1.61. The van der Waals surface area contributed by atoms with Crippen LogP contribution in [0.5, 0.6) is 5.75 Å². The molecule has 312 valence electrons. The summed E-state index contributed by atoms with van der Waals surface area (Å²) >= 11 is 0. The first-order chi connectivity index (χ1) is 27.6. The normalized spacial score (nSPS) is 16.5. The van der Waals surface area contributed by atoms with Gasteiger partial charge in [-0.2, -0.15) is 0 Å². The number of halogens is 4. The van der Waals surface area contributed by atoms with Crippen LogP contribution in [0.15, 0.2) is 72.9 Å². The van der Waals surface area contributed by atoms with Crippen molar-refractivity contribution in [1.82, 2.24) is 19.4 Å². The maximum Gasteiger partial charge on any atom is 0.410 e. The van der Waals surface area contributed by atoms with E-state index in [0.29, 0.717) is 5.56 Å². The molecule has 4 aromatic rings. The molecule has 4 atom stereocenters. The van der Waals surface area contributed by atoms with Gasteiger partial charge in [0.2, 0.25) is 0 Å². The van der Waals surface area contributed by atoms with Gasteiger partial charge in [-0.3, -0.25) is 9.59 Å². The number of rotatable bonds is 17. The molecular formula is C42H48F4N4O8. The van der Waals surface area contributed by atoms with E-state index in [1.165, 1.54) is 40.7 Å². The van der Waals surface area contributed by atoms with Crippen molar-refractivity contribution in [3.05, 3.63) is 107 Å². The molecule has 12 nitrogen and oxygen atoms in total. The van der Waals surface area contributed by atoms with Crippen molar-refractivity contribution in [3.63, 3.8) is 0 Å². The van der Waals surface area contributed by atoms with Crippen LogP contribution in [0.2, 0.25) is 0 Å². The summed E-state index contributed by atoms with van der Waals surface area (Å²) in [6.07, 6.45) is -2.29. The molecule has 0 bridgehead atoms. The minimum atomic E-state index is -1.63. The van der Waals surface area contributed by atoms with E-state index in [2.05, 4.69) is 0 Å². The van der Waals surface area contributed by atoms with E-state index in [4.69, 9.17) is 23.9 Å². The van der Waals surface area contributed by atoms with Crippen LogP contribution >= 0.6 is 0 Å². The van der Waals surface area contributed by atoms with Gasteiger partial charge >= 0.3 is 12.1 Å². The topological polar surface area (TPSA) is 133 Å². The number of hydrogen-bond donors (Lipinski definition) is 1. The molecule has 4 unspecified atom stereocenters. The number of ether oxygens (including phenoxy) is 4. The van der Waals surface area contributed by atoms with Gasteiger partial charge in [-0.05, 0) is 60.2 Å². The van der Waals surface area contributed by atoms with Crippen LogP contribution in [0, 0.1) is 28.8 Å². The second kappa shape index (κ2) is 19.3. The van der Waals surface area contributed by atoms with Gasteiger partial charge in [0.25, 0.3) is 5.91 Å². The Morgan fingerprint density at radius 2 is 1.74 bits per heavy atom. The van der Waals surface area contributed by atoms with Crippen molar-refractivity contribution in [2.75, 3.05) is 40.1 Å². The van der Waals surface area contributed by atoms with Crippen molar-refractivity contribution < 1.29 is 56.0 Å². The highest BCUT2D eigenvalue weighted by molar-refractivity contribution is 5.83. The average molecular weight is 813 g/mol. The van der Waals surface area contributed by atoms with E-state index in [-0.39, 0.29) is 75.4 Å². The molecule has 1 saturated heterocycles. The van der Waals surface area contributed by atoms with Crippen LogP contribution in [0.4, 0.5) is 22.4 Å². The smallest absolute Gasteiger partial charge is 0.410 e. The molecule has 16 heteroatoms. The van der Waals surface area contributed by atoms with E-state index in [1.54, 1.807) is 44.2 Å². The number of carbonyl (C=O) groups is 3. The summed E-state index contributed by atoms with van der Waals surface area (Å²) in [5.41, 5.74) is -0.267. The number of likely N-dealkylation sites (tertiary alicyclic amines) is 1. The molecule has 2 heterocycles. The molecule has 2 amide bonds. The van der Waals surface area contributed by atoms with Crippen LogP contribution in [-0.2, 0) is 37.0 Å². The molecule has 0 spiro atoms. The van der Waals surface area contributed by atoms with Crippen LogP contribution in [-0.4, -0.2) is 94.8 Å². The van der Waals surface area contributed by atoms with Crippen molar-refractivity contribution in [2.45, 2.75) is 65.6 Å². The van der Waals surface area contributed by atoms with Gasteiger partial charge in [0.15, 0.2) is 12.9 Å². The van der Waals surface area contributed by atoms with Crippen molar-refractivity contribution in [3.8, 4) is 17.0 Å². The number of methoxy groups -OCH3 is 1. The zero-order valence-electron chi connectivity index (χ0n) is 33.0. The summed E-state index contributed by atoms with van der Waals surface area (Å²) in [5, 5.41) is 10.3. The predicted octanol–water partition coefficient (Wildman–Crippen LogP) is 6.84. The first kappa shape index (κ1) is 43.6. The second-order valence-electron chi connectivity index (χ2n) is 14.9. The maximum absolute atomic E-state index is 16.1. The molecule has 3 aromatic carbocycles. The number of alkyl halides is 1. The number of imidazole rings is 1. The summed E-state index contributed by atoms with van der Waals surface area (Å²) in [7, 11) is 1.40. The lowest BCUT2D eigenvalue weighted by molar-refractivity contribution is -0.161. The molecule has 0 aliphatic carbocycles. The number of aliphatic hydroxyl groups excluding tert-OH is 1. The summed E-state index contributed by atoms with van der Waals surface area (Å²) in [6, 6.07) is 14.6. The summed E-state index contributed by atoms with van der Waals surface area (Å²) in [4.78, 5) is 47.1. The highest BCUT2D eigenvalue weighted by Gasteiger charge is 2.46. The van der Waals surface area contributed by atoms with E-state index < -0.39 is 65.1 Å². The summed E-state index contributed by atoms with van der Waals surface area (Å²) in [6.45, 7) is 4.45. The number of amides is 2. The lowest BCUT2D eigenvalue weighted by atomic mass is 9.79. The van der Waals surface area contributed by atoms with Gasteiger partial charge in [0.05, 0.1) is 18.3 Å². The second-order valence-corrected chi connectivity index (χ2v) is 14.9. The Kier molecular flexibility index (Phi) is 14.5. The third-order valence-corrected chi connectivity index (χ3v) is 9.92. The monoisotopic (exact) mass is 812 g/mol. The number of aromatic nitrogens is 2. The van der Waals surface area contributed by atoms with Gasteiger partial charge in [0.1, 0.15) is 41.8 Å². The summed E-state index contributed by atoms with van der Waals surface area (Å²) < 4.78 is 83.7. The van der Waals surface area contributed by atoms with Gasteiger partial charge in [0, 0.05) is 64.0 Å². The lowest BCUT2D eigenvalue weighted by Gasteiger charge is -2.43. The number of carbonyl (C=O) groups excluding carboxylic acids is 3. The van der Waals surface area contributed by atoms with Crippen LogP contribution in [0.1, 0.15) is 57.1 Å². The minimum absolute atomic E-state index is 0.0397. The Morgan fingerprint density at radius 3 is 2.43 bits per heavy atom. The molecule has 0 saturated carbocycles. The number of hydrogen-bond acceptors (Lipinski definition) is 9. The Morgan fingerprint density at radius 1 is 1.00 bits per heavy atom. The number of benzene rings is 3. The first-order valence-corrected chi connectivity index (χ1v) is 18.7. The van der Waals surface area contributed by atoms with Crippen LogP contribution < -0.4 is 4.74 Å². The van der Waals surface area contributed by atoms with Crippen molar-refractivity contribution in [1.29, 1.82) is 0 Å². The molecule has 1 aliphatic heterocycles. The van der Waals surface area contributed by atoms with Gasteiger partial charge in [-0.25, -0.2) is 27.3 Å². The largest absolute Gasteiger partial charge is 0.467 e. The average Bonchev–Trinajstić information content (AvgIpc) is 3.75. The maximum atomic E-state index is 16.1. The Labute approximate surface area is 334 Å². The minimum Gasteiger partial charge on any atom is -0.467 e. The standard InChI is InChI=1S/C42H48F4N4O8/c1-26(58-27(2)52)40(53)50(21-30-20-49(22-36(30)46)41(54)56-24-28-9-7-6-8-10-28)38(42(3,4)13-14-51)39-47-37(34-18-31(43)11-12-35(34)45)23-48(39)19-29-15-32(44)17-33(16-29)57-25-55-5/h6-12,15-18,23,26,30,36,38,51H,13-14,19-22,24-25H2,1-5H3. The van der Waals surface area contributed by atoms with Crippen LogP contribution in [0.25, 0.3) is 11.3 Å². The fourth-order valence-electron chi connectivity index (χ4n) is 7.12. The number of esters is 1. The third-order valence-electron chi connectivity index (χ3n) is 9.92. The zero-order chi connectivity index (χ0) is 42.1. The number of aliphatic hydroxyl groups is 1. The fraction of sp³-hybridized carbons (Fsp3) is 0.429. The quantitative estimate of drug-likeness (QED) is 0.0692.